The van der Waals surface area contributed by atoms with Gasteiger partial charge in [-0.05, 0) is 36.6 Å². The van der Waals surface area contributed by atoms with Gasteiger partial charge in [-0.15, -0.1) is 0 Å². The van der Waals surface area contributed by atoms with E-state index >= 15 is 0 Å². The highest BCUT2D eigenvalue weighted by Gasteiger charge is 2.39. The maximum atomic E-state index is 9.75. The van der Waals surface area contributed by atoms with Crippen LogP contribution in [0.2, 0.25) is 0 Å². The molecule has 1 aliphatic rings. The summed E-state index contributed by atoms with van der Waals surface area (Å²) in [5.41, 5.74) is 1.18. The van der Waals surface area contributed by atoms with E-state index in [1.165, 1.54) is 0 Å². The van der Waals surface area contributed by atoms with Gasteiger partial charge in [-0.1, -0.05) is 6.92 Å². The van der Waals surface area contributed by atoms with Crippen molar-refractivity contribution in [1.82, 2.24) is 5.06 Å². The van der Waals surface area contributed by atoms with Gasteiger partial charge in [-0.3, -0.25) is 10.6 Å². The molecule has 0 aliphatic heterocycles. The molecule has 1 aliphatic carbocycles. The van der Waals surface area contributed by atoms with E-state index in [-0.39, 0.29) is 11.9 Å². The molecular formula is C12H13N3O. The second kappa shape index (κ2) is 3.95. The Morgan fingerprint density at radius 3 is 2.50 bits per heavy atom. The van der Waals surface area contributed by atoms with Crippen molar-refractivity contribution in [3.05, 3.63) is 35.4 Å². The Kier molecular flexibility index (Phi) is 2.63. The average Bonchev–Trinajstić information content (AvgIpc) is 3.04. The third-order valence-electron chi connectivity index (χ3n) is 2.90. The molecule has 0 saturated heterocycles. The number of nitrogens with zero attached hydrogens (tertiary/aromatic N) is 2. The lowest BCUT2D eigenvalue weighted by Crippen LogP contribution is -2.30. The number of hydrogen-bond donors (Lipinski definition) is 2. The predicted molar refractivity (Wildman–Crippen MR) is 59.2 cm³/mol. The zero-order valence-corrected chi connectivity index (χ0v) is 9.01. The fourth-order valence-corrected chi connectivity index (χ4v) is 1.64. The van der Waals surface area contributed by atoms with E-state index in [1.54, 1.807) is 24.3 Å². The fourth-order valence-electron chi connectivity index (χ4n) is 1.64. The molecule has 1 fully saturated rings. The highest BCUT2D eigenvalue weighted by molar-refractivity contribution is 5.96. The normalized spacial score (nSPS) is 22.3. The van der Waals surface area contributed by atoms with Gasteiger partial charge in [0.25, 0.3) is 0 Å². The van der Waals surface area contributed by atoms with Crippen LogP contribution in [0.4, 0.5) is 0 Å². The average molecular weight is 215 g/mol. The lowest BCUT2D eigenvalue weighted by molar-refractivity contribution is -0.0269. The number of benzene rings is 1. The molecule has 2 rings (SSSR count). The Hall–Kier alpha value is -1.86. The molecule has 0 aromatic heterocycles. The number of nitrogens with one attached hydrogen (secondary N) is 1. The third kappa shape index (κ3) is 1.90. The van der Waals surface area contributed by atoms with Gasteiger partial charge in [0, 0.05) is 5.56 Å². The lowest BCUT2D eigenvalue weighted by atomic mass is 10.1. The standard InChI is InChI=1S/C12H13N3O/c1-8-6-11(8)15(16)12(14)10-4-2-9(7-13)3-5-10/h2-5,8,11,14,16H,6H2,1H3/t8?,11-/m0/s1. The second-order valence-electron chi connectivity index (χ2n) is 4.16. The van der Waals surface area contributed by atoms with E-state index < -0.39 is 0 Å². The molecule has 0 radical (unpaired) electrons. The van der Waals surface area contributed by atoms with Crippen LogP contribution in [0.1, 0.15) is 24.5 Å². The van der Waals surface area contributed by atoms with Crippen LogP contribution in [0.3, 0.4) is 0 Å². The molecule has 0 spiro atoms. The van der Waals surface area contributed by atoms with Crippen molar-refractivity contribution in [3.8, 4) is 6.07 Å². The SMILES string of the molecule is CC1C[C@@H]1N(O)C(=N)c1ccc(C#N)cc1. The summed E-state index contributed by atoms with van der Waals surface area (Å²) in [7, 11) is 0. The molecule has 2 N–H and O–H groups in total. The largest absolute Gasteiger partial charge is 0.287 e. The van der Waals surface area contributed by atoms with Gasteiger partial charge in [0.15, 0.2) is 5.84 Å². The summed E-state index contributed by atoms with van der Waals surface area (Å²) in [5.74, 6) is 0.544. The predicted octanol–water partition coefficient (Wildman–Crippen LogP) is 1.98. The van der Waals surface area contributed by atoms with Gasteiger partial charge < -0.3 is 0 Å². The van der Waals surface area contributed by atoms with Crippen molar-refractivity contribution in [2.45, 2.75) is 19.4 Å². The van der Waals surface area contributed by atoms with Crippen LogP contribution >= 0.6 is 0 Å². The molecule has 82 valence electrons. The second-order valence-corrected chi connectivity index (χ2v) is 4.16. The molecule has 1 aromatic rings. The van der Waals surface area contributed by atoms with Crippen molar-refractivity contribution in [1.29, 1.82) is 10.7 Å². The van der Waals surface area contributed by atoms with E-state index in [4.69, 9.17) is 10.7 Å². The van der Waals surface area contributed by atoms with E-state index in [0.717, 1.165) is 11.5 Å². The molecule has 4 nitrogen and oxygen atoms in total. The highest BCUT2D eigenvalue weighted by atomic mass is 16.5. The van der Waals surface area contributed by atoms with E-state index in [9.17, 15) is 5.21 Å². The van der Waals surface area contributed by atoms with Crippen molar-refractivity contribution < 1.29 is 5.21 Å². The van der Waals surface area contributed by atoms with Gasteiger partial charge in [-0.2, -0.15) is 5.26 Å². The first-order chi connectivity index (χ1) is 7.63. The molecule has 2 atom stereocenters. The maximum Gasteiger partial charge on any atom is 0.152 e. The Morgan fingerprint density at radius 1 is 1.50 bits per heavy atom. The topological polar surface area (TPSA) is 71.1 Å². The fraction of sp³-hybridized carbons (Fsp3) is 0.333. The smallest absolute Gasteiger partial charge is 0.152 e. The van der Waals surface area contributed by atoms with Crippen molar-refractivity contribution in [2.75, 3.05) is 0 Å². The molecule has 4 heteroatoms. The highest BCUT2D eigenvalue weighted by Crippen LogP contribution is 2.34. The Morgan fingerprint density at radius 2 is 2.06 bits per heavy atom. The van der Waals surface area contributed by atoms with Crippen LogP contribution in [0.5, 0.6) is 0 Å². The minimum Gasteiger partial charge on any atom is -0.287 e. The van der Waals surface area contributed by atoms with Crippen molar-refractivity contribution in [2.24, 2.45) is 5.92 Å². The van der Waals surface area contributed by atoms with Crippen LogP contribution in [-0.4, -0.2) is 22.1 Å². The Labute approximate surface area is 94.2 Å². The van der Waals surface area contributed by atoms with Gasteiger partial charge in [0.2, 0.25) is 0 Å². The molecule has 1 aromatic carbocycles. The third-order valence-corrected chi connectivity index (χ3v) is 2.90. The summed E-state index contributed by atoms with van der Waals surface area (Å²) in [5, 5.41) is 27.2. The quantitative estimate of drug-likeness (QED) is 0.450. The van der Waals surface area contributed by atoms with Gasteiger partial charge in [-0.25, -0.2) is 5.06 Å². The number of rotatable bonds is 2. The van der Waals surface area contributed by atoms with E-state index in [1.807, 2.05) is 13.0 Å². The van der Waals surface area contributed by atoms with Crippen LogP contribution in [0.15, 0.2) is 24.3 Å². The van der Waals surface area contributed by atoms with Crippen LogP contribution in [-0.2, 0) is 0 Å². The van der Waals surface area contributed by atoms with Crippen molar-refractivity contribution in [3.63, 3.8) is 0 Å². The molecule has 0 heterocycles. The van der Waals surface area contributed by atoms with Crippen LogP contribution in [0.25, 0.3) is 0 Å². The summed E-state index contributed by atoms with van der Waals surface area (Å²) in [6, 6.07) is 8.74. The Bertz CT molecular complexity index is 446. The Balaban J connectivity index is 2.12. The van der Waals surface area contributed by atoms with Gasteiger partial charge >= 0.3 is 0 Å². The molecule has 0 bridgehead atoms. The van der Waals surface area contributed by atoms with E-state index in [2.05, 4.69) is 0 Å². The number of hydrogen-bond acceptors (Lipinski definition) is 3. The monoisotopic (exact) mass is 215 g/mol. The summed E-state index contributed by atoms with van der Waals surface area (Å²) in [6.45, 7) is 2.04. The zero-order valence-electron chi connectivity index (χ0n) is 9.01. The molecule has 0 amide bonds. The minimum absolute atomic E-state index is 0.0724. The summed E-state index contributed by atoms with van der Waals surface area (Å²) >= 11 is 0. The van der Waals surface area contributed by atoms with Crippen LogP contribution in [0, 0.1) is 22.7 Å². The number of hydroxylamine groups is 2. The first-order valence-corrected chi connectivity index (χ1v) is 5.20. The first-order valence-electron chi connectivity index (χ1n) is 5.20. The summed E-state index contributed by atoms with van der Waals surface area (Å²) in [4.78, 5) is 0. The lowest BCUT2D eigenvalue weighted by Gasteiger charge is -2.17. The molecule has 1 saturated carbocycles. The summed E-state index contributed by atoms with van der Waals surface area (Å²) < 4.78 is 0. The van der Waals surface area contributed by atoms with Crippen molar-refractivity contribution >= 4 is 5.84 Å². The van der Waals surface area contributed by atoms with E-state index in [0.29, 0.717) is 17.0 Å². The molecule has 1 unspecified atom stereocenters. The number of amidine groups is 1. The van der Waals surface area contributed by atoms with Gasteiger partial charge in [0.05, 0.1) is 17.7 Å². The molecule has 16 heavy (non-hydrogen) atoms. The first kappa shape index (κ1) is 10.7. The molecular weight excluding hydrogens is 202 g/mol. The minimum atomic E-state index is 0.0724. The maximum absolute atomic E-state index is 9.75. The number of nitriles is 1. The van der Waals surface area contributed by atoms with Gasteiger partial charge in [0.1, 0.15) is 0 Å². The van der Waals surface area contributed by atoms with Crippen LogP contribution < -0.4 is 0 Å². The zero-order chi connectivity index (χ0) is 11.7. The summed E-state index contributed by atoms with van der Waals surface area (Å²) in [6.07, 6.45) is 0.926.